The van der Waals surface area contributed by atoms with E-state index in [1.807, 2.05) is 0 Å². The molecule has 1 aliphatic carbocycles. The highest BCUT2D eigenvalue weighted by molar-refractivity contribution is 7.19. The van der Waals surface area contributed by atoms with Crippen LogP contribution in [0.15, 0.2) is 24.5 Å². The summed E-state index contributed by atoms with van der Waals surface area (Å²) in [6.07, 6.45) is 9.06. The molecule has 2 aliphatic rings. The van der Waals surface area contributed by atoms with Gasteiger partial charge in [-0.2, -0.15) is 0 Å². The molecule has 0 radical (unpaired) electrons. The summed E-state index contributed by atoms with van der Waals surface area (Å²) in [5.41, 5.74) is 5.71. The standard InChI is InChI=1S/C22H26N4S/c1-14-19(17-7-6-15-4-2-3-5-16(15)12-17)20-21(24-13-25-22(20)27-14)26-18-8-10-23-11-9-18/h6-7,12-13,18,23H,2-5,8-11H2,1H3,(H,24,25,26). The summed E-state index contributed by atoms with van der Waals surface area (Å²) < 4.78 is 0. The molecule has 1 saturated heterocycles. The van der Waals surface area contributed by atoms with Crippen LogP contribution in [0.1, 0.15) is 41.7 Å². The van der Waals surface area contributed by atoms with Gasteiger partial charge >= 0.3 is 0 Å². The molecule has 0 unspecified atom stereocenters. The van der Waals surface area contributed by atoms with Gasteiger partial charge in [0.05, 0.1) is 5.39 Å². The highest BCUT2D eigenvalue weighted by atomic mass is 32.1. The Morgan fingerprint density at radius 1 is 1.07 bits per heavy atom. The average molecular weight is 379 g/mol. The van der Waals surface area contributed by atoms with Gasteiger partial charge in [0.1, 0.15) is 17.0 Å². The van der Waals surface area contributed by atoms with Crippen LogP contribution in [0.25, 0.3) is 21.3 Å². The first-order chi connectivity index (χ1) is 13.3. The van der Waals surface area contributed by atoms with Gasteiger partial charge in [0, 0.05) is 16.5 Å². The van der Waals surface area contributed by atoms with Gasteiger partial charge in [-0.25, -0.2) is 9.97 Å². The van der Waals surface area contributed by atoms with Crippen LogP contribution in [-0.4, -0.2) is 29.1 Å². The number of aromatic nitrogens is 2. The minimum atomic E-state index is 0.487. The van der Waals surface area contributed by atoms with Crippen molar-refractivity contribution < 1.29 is 0 Å². The van der Waals surface area contributed by atoms with Crippen LogP contribution in [0.2, 0.25) is 0 Å². The van der Waals surface area contributed by atoms with Crippen molar-refractivity contribution >= 4 is 27.4 Å². The third kappa shape index (κ3) is 3.23. The number of piperidine rings is 1. The van der Waals surface area contributed by atoms with Crippen LogP contribution in [0, 0.1) is 6.92 Å². The quantitative estimate of drug-likeness (QED) is 0.693. The van der Waals surface area contributed by atoms with E-state index in [0.29, 0.717) is 6.04 Å². The molecule has 0 bridgehead atoms. The largest absolute Gasteiger partial charge is 0.367 e. The van der Waals surface area contributed by atoms with Crippen molar-refractivity contribution in [2.24, 2.45) is 0 Å². The molecule has 0 amide bonds. The van der Waals surface area contributed by atoms with E-state index in [1.54, 1.807) is 17.7 Å². The Morgan fingerprint density at radius 2 is 1.89 bits per heavy atom. The first-order valence-corrected chi connectivity index (χ1v) is 10.9. The fourth-order valence-corrected chi connectivity index (χ4v) is 5.56. The number of aryl methyl sites for hydroxylation is 3. The van der Waals surface area contributed by atoms with Crippen LogP contribution < -0.4 is 10.6 Å². The minimum absolute atomic E-state index is 0.487. The molecule has 1 aromatic carbocycles. The molecule has 3 aromatic rings. The predicted molar refractivity (Wildman–Crippen MR) is 114 cm³/mol. The summed E-state index contributed by atoms with van der Waals surface area (Å²) >= 11 is 1.78. The van der Waals surface area contributed by atoms with Crippen molar-refractivity contribution in [1.82, 2.24) is 15.3 Å². The van der Waals surface area contributed by atoms with Crippen molar-refractivity contribution in [1.29, 1.82) is 0 Å². The molecule has 2 N–H and O–H groups in total. The summed E-state index contributed by atoms with van der Waals surface area (Å²) in [5, 5.41) is 8.37. The molecule has 140 valence electrons. The maximum Gasteiger partial charge on any atom is 0.139 e. The molecule has 2 aromatic heterocycles. The van der Waals surface area contributed by atoms with Gasteiger partial charge < -0.3 is 10.6 Å². The lowest BCUT2D eigenvalue weighted by Crippen LogP contribution is -2.35. The highest BCUT2D eigenvalue weighted by Crippen LogP contribution is 2.41. The zero-order valence-electron chi connectivity index (χ0n) is 15.8. The fourth-order valence-electron chi connectivity index (χ4n) is 4.55. The summed E-state index contributed by atoms with van der Waals surface area (Å²) in [4.78, 5) is 11.7. The second kappa shape index (κ2) is 7.21. The number of nitrogens with zero attached hydrogens (tertiary/aromatic N) is 2. The van der Waals surface area contributed by atoms with E-state index in [1.165, 1.54) is 58.2 Å². The molecule has 3 heterocycles. The number of anilines is 1. The summed E-state index contributed by atoms with van der Waals surface area (Å²) in [6.45, 7) is 4.37. The summed E-state index contributed by atoms with van der Waals surface area (Å²) in [5.74, 6) is 1.00. The van der Waals surface area contributed by atoms with Gasteiger partial charge in [0.15, 0.2) is 0 Å². The van der Waals surface area contributed by atoms with Crippen LogP contribution >= 0.6 is 11.3 Å². The maximum atomic E-state index is 4.65. The monoisotopic (exact) mass is 378 g/mol. The molecular weight excluding hydrogens is 352 g/mol. The molecule has 1 aliphatic heterocycles. The van der Waals surface area contributed by atoms with E-state index in [2.05, 4.69) is 45.7 Å². The Bertz CT molecular complexity index is 972. The zero-order valence-corrected chi connectivity index (χ0v) is 16.7. The normalized spacial score (nSPS) is 17.8. The third-order valence-electron chi connectivity index (χ3n) is 5.98. The average Bonchev–Trinajstić information content (AvgIpc) is 3.05. The number of fused-ring (bicyclic) bond motifs is 2. The zero-order chi connectivity index (χ0) is 18.2. The molecule has 0 saturated carbocycles. The van der Waals surface area contributed by atoms with Crippen LogP contribution in [0.3, 0.4) is 0 Å². The van der Waals surface area contributed by atoms with Crippen molar-refractivity contribution in [2.75, 3.05) is 18.4 Å². The van der Waals surface area contributed by atoms with Gasteiger partial charge in [0.2, 0.25) is 0 Å². The van der Waals surface area contributed by atoms with Gasteiger partial charge in [0.25, 0.3) is 0 Å². The van der Waals surface area contributed by atoms with Crippen molar-refractivity contribution in [3.8, 4) is 11.1 Å². The minimum Gasteiger partial charge on any atom is -0.367 e. The predicted octanol–water partition coefficient (Wildman–Crippen LogP) is 4.71. The number of nitrogens with one attached hydrogen (secondary N) is 2. The van der Waals surface area contributed by atoms with Gasteiger partial charge in [-0.3, -0.25) is 0 Å². The Balaban J connectivity index is 1.60. The number of rotatable bonds is 3. The maximum absolute atomic E-state index is 4.65. The van der Waals surface area contributed by atoms with E-state index in [4.69, 9.17) is 0 Å². The summed E-state index contributed by atoms with van der Waals surface area (Å²) in [7, 11) is 0. The van der Waals surface area contributed by atoms with Gasteiger partial charge in [-0.05, 0) is 75.2 Å². The Hall–Kier alpha value is -1.98. The fraction of sp³-hybridized carbons (Fsp3) is 0.455. The Kier molecular flexibility index (Phi) is 4.58. The number of hydrogen-bond donors (Lipinski definition) is 2. The Morgan fingerprint density at radius 3 is 2.74 bits per heavy atom. The van der Waals surface area contributed by atoms with Crippen LogP contribution in [0.4, 0.5) is 5.82 Å². The molecule has 27 heavy (non-hydrogen) atoms. The molecule has 5 rings (SSSR count). The van der Waals surface area contributed by atoms with E-state index in [0.717, 1.165) is 36.6 Å². The first-order valence-electron chi connectivity index (χ1n) is 10.1. The van der Waals surface area contributed by atoms with E-state index >= 15 is 0 Å². The molecule has 5 heteroatoms. The second-order valence-corrected chi connectivity index (χ2v) is 9.00. The summed E-state index contributed by atoms with van der Waals surface area (Å²) in [6, 6.07) is 7.56. The van der Waals surface area contributed by atoms with Crippen LogP contribution in [-0.2, 0) is 12.8 Å². The smallest absolute Gasteiger partial charge is 0.139 e. The molecule has 4 nitrogen and oxygen atoms in total. The van der Waals surface area contributed by atoms with Crippen LogP contribution in [0.5, 0.6) is 0 Å². The molecular formula is C22H26N4S. The van der Waals surface area contributed by atoms with Crippen molar-refractivity contribution in [3.63, 3.8) is 0 Å². The molecule has 1 fully saturated rings. The SMILES string of the molecule is Cc1sc2ncnc(NC3CCNCC3)c2c1-c1ccc2c(c1)CCCC2. The first kappa shape index (κ1) is 17.1. The topological polar surface area (TPSA) is 49.8 Å². The van der Waals surface area contributed by atoms with Crippen molar-refractivity contribution in [2.45, 2.75) is 51.5 Å². The third-order valence-corrected chi connectivity index (χ3v) is 6.99. The Labute approximate surface area is 164 Å². The van der Waals surface area contributed by atoms with Gasteiger partial charge in [-0.15, -0.1) is 11.3 Å². The van der Waals surface area contributed by atoms with E-state index < -0.39 is 0 Å². The number of benzene rings is 1. The number of thiophene rings is 1. The van der Waals surface area contributed by atoms with E-state index in [9.17, 15) is 0 Å². The second-order valence-electron chi connectivity index (χ2n) is 7.79. The van der Waals surface area contributed by atoms with E-state index in [-0.39, 0.29) is 0 Å². The lowest BCUT2D eigenvalue weighted by atomic mass is 9.89. The van der Waals surface area contributed by atoms with Crippen molar-refractivity contribution in [3.05, 3.63) is 40.5 Å². The molecule has 0 spiro atoms. The molecule has 0 atom stereocenters. The highest BCUT2D eigenvalue weighted by Gasteiger charge is 2.21. The lowest BCUT2D eigenvalue weighted by molar-refractivity contribution is 0.478. The van der Waals surface area contributed by atoms with Gasteiger partial charge in [-0.1, -0.05) is 18.2 Å². The lowest BCUT2D eigenvalue weighted by Gasteiger charge is -2.24. The number of hydrogen-bond acceptors (Lipinski definition) is 5.